The lowest BCUT2D eigenvalue weighted by Crippen LogP contribution is -2.37. The van der Waals surface area contributed by atoms with E-state index in [4.69, 9.17) is 0 Å². The quantitative estimate of drug-likeness (QED) is 0.537. The summed E-state index contributed by atoms with van der Waals surface area (Å²) in [5, 5.41) is 28.3. The maximum atomic E-state index is 12.2. The topological polar surface area (TPSA) is 121 Å². The van der Waals surface area contributed by atoms with Crippen LogP contribution >= 0.6 is 0 Å². The third-order valence-corrected chi connectivity index (χ3v) is 5.73. The monoisotopic (exact) mass is 431 g/mol. The molecular formula is C23H21N5O4. The number of pyridine rings is 1. The molecule has 1 saturated carbocycles. The van der Waals surface area contributed by atoms with Crippen LogP contribution in [0.4, 0.5) is 5.82 Å². The first-order valence-electron chi connectivity index (χ1n) is 10.3. The van der Waals surface area contributed by atoms with Crippen LogP contribution in [0.3, 0.4) is 0 Å². The van der Waals surface area contributed by atoms with E-state index in [0.717, 1.165) is 12.8 Å². The summed E-state index contributed by atoms with van der Waals surface area (Å²) in [4.78, 5) is 29.8. The number of anilines is 1. The zero-order chi connectivity index (χ0) is 22.5. The molecule has 0 radical (unpaired) electrons. The van der Waals surface area contributed by atoms with Crippen LogP contribution in [-0.4, -0.2) is 67.0 Å². The number of fused-ring (bicyclic) bond motifs is 1. The lowest BCUT2D eigenvalue weighted by atomic mass is 10.0. The largest absolute Gasteiger partial charge is 0.476 e. The molecule has 0 spiro atoms. The van der Waals surface area contributed by atoms with E-state index in [9.17, 15) is 19.8 Å². The molecular weight excluding hydrogens is 410 g/mol. The van der Waals surface area contributed by atoms with Gasteiger partial charge in [0, 0.05) is 37.8 Å². The van der Waals surface area contributed by atoms with Crippen molar-refractivity contribution in [1.29, 1.82) is 0 Å². The molecule has 9 heteroatoms. The Morgan fingerprint density at radius 1 is 1.31 bits per heavy atom. The highest BCUT2D eigenvalue weighted by Gasteiger charge is 2.42. The molecule has 1 aliphatic carbocycles. The Balaban J connectivity index is 1.56. The summed E-state index contributed by atoms with van der Waals surface area (Å²) >= 11 is 0. The van der Waals surface area contributed by atoms with Crippen LogP contribution < -0.4 is 5.32 Å². The van der Waals surface area contributed by atoms with Crippen LogP contribution in [-0.2, 0) is 4.79 Å². The Bertz CT molecular complexity index is 1320. The van der Waals surface area contributed by atoms with Gasteiger partial charge in [-0.25, -0.2) is 14.5 Å². The summed E-state index contributed by atoms with van der Waals surface area (Å²) in [5.41, 5.74) is 0.0248. The fraction of sp³-hybridized carbons (Fsp3) is 0.304. The first kappa shape index (κ1) is 20.0. The van der Waals surface area contributed by atoms with Crippen molar-refractivity contribution in [2.75, 3.05) is 18.9 Å². The summed E-state index contributed by atoms with van der Waals surface area (Å²) in [6, 6.07) is 9.09. The van der Waals surface area contributed by atoms with Gasteiger partial charge in [0.25, 0.3) is 5.91 Å². The minimum absolute atomic E-state index is 0.0818. The predicted octanol–water partition coefficient (Wildman–Crippen LogP) is 1.64. The van der Waals surface area contributed by atoms with Gasteiger partial charge in [0.15, 0.2) is 5.69 Å². The molecule has 1 aromatic carbocycles. The number of carbonyl (C=O) groups excluding carboxylic acids is 1. The molecule has 2 aromatic heterocycles. The van der Waals surface area contributed by atoms with Crippen molar-refractivity contribution in [3.05, 3.63) is 47.8 Å². The number of carbonyl (C=O) groups is 2. The highest BCUT2D eigenvalue weighted by atomic mass is 16.4. The van der Waals surface area contributed by atoms with Gasteiger partial charge in [0.1, 0.15) is 5.82 Å². The Morgan fingerprint density at radius 2 is 2.12 bits per heavy atom. The van der Waals surface area contributed by atoms with Gasteiger partial charge >= 0.3 is 5.97 Å². The number of hydrogen-bond acceptors (Lipinski definition) is 6. The number of nitrogens with zero attached hydrogens (tertiary/aromatic N) is 4. The summed E-state index contributed by atoms with van der Waals surface area (Å²) < 4.78 is 1.55. The molecule has 3 N–H and O–H groups in total. The Labute approximate surface area is 183 Å². The predicted molar refractivity (Wildman–Crippen MR) is 117 cm³/mol. The molecule has 1 atom stereocenters. The molecule has 1 aliphatic heterocycles. The molecule has 2 fully saturated rings. The molecule has 2 aliphatic rings. The fourth-order valence-electron chi connectivity index (χ4n) is 3.80. The number of amides is 1. The second-order valence-electron chi connectivity index (χ2n) is 8.18. The summed E-state index contributed by atoms with van der Waals surface area (Å²) in [5.74, 6) is 4.55. The summed E-state index contributed by atoms with van der Waals surface area (Å²) in [6.45, 7) is 0.451. The SMILES string of the molecule is CN1CC[C@](O)(C#Cc2cccc(-n3nc(C(=O)O)c4c(NC5CC5)nccc43)c2)C1=O. The van der Waals surface area contributed by atoms with Gasteiger partial charge in [-0.05, 0) is 37.1 Å². The number of aliphatic hydroxyl groups is 1. The van der Waals surface area contributed by atoms with E-state index in [1.54, 1.807) is 48.3 Å². The Kier molecular flexibility index (Phi) is 4.60. The van der Waals surface area contributed by atoms with E-state index in [-0.39, 0.29) is 12.1 Å². The Hall–Kier alpha value is -3.90. The zero-order valence-corrected chi connectivity index (χ0v) is 17.4. The molecule has 3 heterocycles. The molecule has 0 bridgehead atoms. The first-order chi connectivity index (χ1) is 15.4. The number of aromatic carboxylic acids is 1. The third-order valence-electron chi connectivity index (χ3n) is 5.73. The Morgan fingerprint density at radius 3 is 2.81 bits per heavy atom. The second kappa shape index (κ2) is 7.35. The van der Waals surface area contributed by atoms with Gasteiger partial charge < -0.3 is 20.4 Å². The third kappa shape index (κ3) is 3.44. The number of carboxylic acid groups (broad SMARTS) is 1. The van der Waals surface area contributed by atoms with Crippen LogP contribution in [0.25, 0.3) is 16.6 Å². The van der Waals surface area contributed by atoms with Gasteiger partial charge in [-0.3, -0.25) is 4.79 Å². The molecule has 162 valence electrons. The first-order valence-corrected chi connectivity index (χ1v) is 10.3. The smallest absolute Gasteiger partial charge is 0.357 e. The second-order valence-corrected chi connectivity index (χ2v) is 8.18. The maximum absolute atomic E-state index is 12.2. The fourth-order valence-corrected chi connectivity index (χ4v) is 3.80. The van der Waals surface area contributed by atoms with Gasteiger partial charge in [-0.1, -0.05) is 17.9 Å². The number of hydrogen-bond donors (Lipinski definition) is 3. The van der Waals surface area contributed by atoms with Crippen molar-refractivity contribution in [3.63, 3.8) is 0 Å². The number of rotatable bonds is 4. The van der Waals surface area contributed by atoms with E-state index in [1.165, 1.54) is 4.90 Å². The average Bonchev–Trinajstić information content (AvgIpc) is 3.45. The lowest BCUT2D eigenvalue weighted by molar-refractivity contribution is -0.137. The average molecular weight is 431 g/mol. The van der Waals surface area contributed by atoms with Crippen LogP contribution in [0, 0.1) is 11.8 Å². The zero-order valence-electron chi connectivity index (χ0n) is 17.4. The van der Waals surface area contributed by atoms with Gasteiger partial charge in [-0.2, -0.15) is 5.10 Å². The maximum Gasteiger partial charge on any atom is 0.357 e. The van der Waals surface area contributed by atoms with Crippen LogP contribution in [0.1, 0.15) is 35.3 Å². The van der Waals surface area contributed by atoms with Gasteiger partial charge in [-0.15, -0.1) is 0 Å². The van der Waals surface area contributed by atoms with Crippen LogP contribution in [0.2, 0.25) is 0 Å². The van der Waals surface area contributed by atoms with Crippen LogP contribution in [0.15, 0.2) is 36.5 Å². The standard InChI is InChI=1S/C23H21N5O4/c1-27-12-10-23(32,22(27)31)9-7-14-3-2-4-16(13-14)28-17-8-11-24-20(25-15-5-6-15)18(17)19(26-28)21(29)30/h2-4,8,11,13,15,32H,5-6,10,12H2,1H3,(H,24,25)(H,29,30)/t23-/m1/s1. The van der Waals surface area contributed by atoms with E-state index in [2.05, 4.69) is 27.2 Å². The number of benzene rings is 1. The molecule has 5 rings (SSSR count). The van der Waals surface area contributed by atoms with Gasteiger partial charge in [0.2, 0.25) is 5.60 Å². The minimum atomic E-state index is -1.69. The van der Waals surface area contributed by atoms with E-state index >= 15 is 0 Å². The molecule has 32 heavy (non-hydrogen) atoms. The molecule has 1 amide bonds. The molecule has 0 unspecified atom stereocenters. The van der Waals surface area contributed by atoms with Crippen molar-refractivity contribution < 1.29 is 19.8 Å². The van der Waals surface area contributed by atoms with Crippen molar-refractivity contribution >= 4 is 28.6 Å². The molecule has 1 saturated heterocycles. The number of nitrogens with one attached hydrogen (secondary N) is 1. The van der Waals surface area contributed by atoms with Gasteiger partial charge in [0.05, 0.1) is 16.6 Å². The van der Waals surface area contributed by atoms with Crippen molar-refractivity contribution in [2.45, 2.75) is 30.9 Å². The van der Waals surface area contributed by atoms with E-state index in [1.807, 2.05) is 0 Å². The van der Waals surface area contributed by atoms with E-state index < -0.39 is 17.5 Å². The highest BCUT2D eigenvalue weighted by Crippen LogP contribution is 2.31. The number of carboxylic acids is 1. The van der Waals surface area contributed by atoms with Crippen molar-refractivity contribution in [3.8, 4) is 17.5 Å². The van der Waals surface area contributed by atoms with Crippen LogP contribution in [0.5, 0.6) is 0 Å². The highest BCUT2D eigenvalue weighted by molar-refractivity contribution is 6.06. The summed E-state index contributed by atoms with van der Waals surface area (Å²) in [6.07, 6.45) is 3.93. The molecule has 9 nitrogen and oxygen atoms in total. The van der Waals surface area contributed by atoms with E-state index in [0.29, 0.717) is 40.6 Å². The minimum Gasteiger partial charge on any atom is -0.476 e. The number of likely N-dealkylation sites (N-methyl/N-ethyl adjacent to an activating group) is 1. The normalized spacial score (nSPS) is 20.3. The lowest BCUT2D eigenvalue weighted by Gasteiger charge is -2.13. The number of aromatic nitrogens is 3. The van der Waals surface area contributed by atoms with Crippen molar-refractivity contribution in [1.82, 2.24) is 19.7 Å². The summed E-state index contributed by atoms with van der Waals surface area (Å²) in [7, 11) is 1.63. The van der Waals surface area contributed by atoms with Crippen molar-refractivity contribution in [2.24, 2.45) is 0 Å². The molecule has 3 aromatic rings. The number of likely N-dealkylation sites (tertiary alicyclic amines) is 1.